The lowest BCUT2D eigenvalue weighted by molar-refractivity contribution is 0.0782. The van der Waals surface area contributed by atoms with Crippen LogP contribution in [0.25, 0.3) is 0 Å². The van der Waals surface area contributed by atoms with Crippen molar-refractivity contribution < 1.29 is 4.79 Å². The SMILES string of the molecule is Cc1cc(Nc2cc(Nc3cccc4c3C(=O)N(C)CC4)c(Cl)cn2)nn1C. The second kappa shape index (κ2) is 7.16. The molecule has 0 fully saturated rings. The summed E-state index contributed by atoms with van der Waals surface area (Å²) in [5.74, 6) is 1.32. The summed E-state index contributed by atoms with van der Waals surface area (Å²) >= 11 is 6.36. The van der Waals surface area contributed by atoms with Crippen molar-refractivity contribution in [1.82, 2.24) is 19.7 Å². The molecular formula is C20H21ClN6O. The number of aromatic nitrogens is 3. The summed E-state index contributed by atoms with van der Waals surface area (Å²) in [5.41, 5.74) is 4.18. The van der Waals surface area contributed by atoms with E-state index in [1.807, 2.05) is 51.4 Å². The number of pyridine rings is 1. The van der Waals surface area contributed by atoms with Gasteiger partial charge in [-0.05, 0) is 25.0 Å². The van der Waals surface area contributed by atoms with E-state index in [9.17, 15) is 4.79 Å². The van der Waals surface area contributed by atoms with Gasteiger partial charge in [0.25, 0.3) is 5.91 Å². The van der Waals surface area contributed by atoms with E-state index in [1.165, 1.54) is 0 Å². The van der Waals surface area contributed by atoms with Crippen LogP contribution in [-0.2, 0) is 13.5 Å². The molecule has 0 saturated carbocycles. The number of fused-ring (bicyclic) bond motifs is 1. The number of nitrogens with one attached hydrogen (secondary N) is 2. The number of benzene rings is 1. The van der Waals surface area contributed by atoms with Crippen molar-refractivity contribution in [2.75, 3.05) is 24.2 Å². The summed E-state index contributed by atoms with van der Waals surface area (Å²) in [6.07, 6.45) is 2.41. The third kappa shape index (κ3) is 3.41. The van der Waals surface area contributed by atoms with Gasteiger partial charge >= 0.3 is 0 Å². The van der Waals surface area contributed by atoms with Gasteiger partial charge in [-0.25, -0.2) is 4.98 Å². The van der Waals surface area contributed by atoms with Crippen LogP contribution >= 0.6 is 11.6 Å². The molecule has 0 bridgehead atoms. The summed E-state index contributed by atoms with van der Waals surface area (Å²) in [4.78, 5) is 18.7. The average Bonchev–Trinajstić information content (AvgIpc) is 2.98. The molecule has 7 nitrogen and oxygen atoms in total. The standard InChI is InChI=1S/C20H21ClN6O/c1-12-9-18(25-27(12)3)24-17-10-16(14(21)11-22-17)23-15-6-4-5-13-7-8-26(2)20(28)19(13)15/h4-6,9-11H,7-8H2,1-3H3,(H2,22,23,24,25). The van der Waals surface area contributed by atoms with Gasteiger partial charge in [-0.3, -0.25) is 9.48 Å². The first-order valence-corrected chi connectivity index (χ1v) is 9.38. The second-order valence-electron chi connectivity index (χ2n) is 6.91. The predicted molar refractivity (Wildman–Crippen MR) is 111 cm³/mol. The quantitative estimate of drug-likeness (QED) is 0.699. The Morgan fingerprint density at radius 2 is 1.93 bits per heavy atom. The Morgan fingerprint density at radius 3 is 2.68 bits per heavy atom. The summed E-state index contributed by atoms with van der Waals surface area (Å²) in [6.45, 7) is 2.70. The van der Waals surface area contributed by atoms with E-state index in [0.29, 0.717) is 27.9 Å². The highest BCUT2D eigenvalue weighted by atomic mass is 35.5. The Balaban J connectivity index is 1.65. The topological polar surface area (TPSA) is 75.1 Å². The van der Waals surface area contributed by atoms with Crippen LogP contribution in [0.4, 0.5) is 23.0 Å². The Labute approximate surface area is 168 Å². The van der Waals surface area contributed by atoms with Crippen LogP contribution < -0.4 is 10.6 Å². The summed E-state index contributed by atoms with van der Waals surface area (Å²) in [5, 5.41) is 11.3. The van der Waals surface area contributed by atoms with Crippen molar-refractivity contribution in [2.24, 2.45) is 7.05 Å². The number of nitrogens with zero attached hydrogens (tertiary/aromatic N) is 4. The maximum Gasteiger partial charge on any atom is 0.255 e. The second-order valence-corrected chi connectivity index (χ2v) is 7.32. The van der Waals surface area contributed by atoms with Gasteiger partial charge in [0.05, 0.1) is 28.2 Å². The molecule has 0 aliphatic carbocycles. The number of hydrogen-bond acceptors (Lipinski definition) is 5. The predicted octanol–water partition coefficient (Wildman–Crippen LogP) is 3.89. The Hall–Kier alpha value is -3.06. The molecule has 1 aliphatic rings. The first-order chi connectivity index (χ1) is 13.4. The molecule has 0 unspecified atom stereocenters. The van der Waals surface area contributed by atoms with Gasteiger partial charge in [-0.2, -0.15) is 5.10 Å². The molecule has 1 amide bonds. The van der Waals surface area contributed by atoms with Crippen LogP contribution in [0.15, 0.2) is 36.5 Å². The first-order valence-electron chi connectivity index (χ1n) is 9.00. The average molecular weight is 397 g/mol. The van der Waals surface area contributed by atoms with E-state index >= 15 is 0 Å². The molecule has 0 atom stereocenters. The first kappa shape index (κ1) is 18.3. The minimum absolute atomic E-state index is 0.0110. The minimum atomic E-state index is 0.0110. The highest BCUT2D eigenvalue weighted by Gasteiger charge is 2.24. The monoisotopic (exact) mass is 396 g/mol. The van der Waals surface area contributed by atoms with Crippen LogP contribution in [0, 0.1) is 6.92 Å². The van der Waals surface area contributed by atoms with E-state index in [2.05, 4.69) is 20.7 Å². The van der Waals surface area contributed by atoms with Gasteiger partial charge in [0.15, 0.2) is 5.82 Å². The van der Waals surface area contributed by atoms with E-state index in [0.717, 1.165) is 29.9 Å². The molecule has 4 rings (SSSR count). The lowest BCUT2D eigenvalue weighted by Crippen LogP contribution is -2.34. The van der Waals surface area contributed by atoms with Gasteiger partial charge < -0.3 is 15.5 Å². The number of carbonyl (C=O) groups is 1. The maximum atomic E-state index is 12.7. The van der Waals surface area contributed by atoms with Gasteiger partial charge in [0.2, 0.25) is 0 Å². The van der Waals surface area contributed by atoms with E-state index in [4.69, 9.17) is 11.6 Å². The van der Waals surface area contributed by atoms with Crippen molar-refractivity contribution in [3.05, 3.63) is 58.4 Å². The molecule has 8 heteroatoms. The van der Waals surface area contributed by atoms with Gasteiger partial charge in [0.1, 0.15) is 5.82 Å². The normalized spacial score (nSPS) is 13.4. The van der Waals surface area contributed by atoms with Crippen molar-refractivity contribution in [2.45, 2.75) is 13.3 Å². The van der Waals surface area contributed by atoms with Crippen molar-refractivity contribution in [3.8, 4) is 0 Å². The number of rotatable bonds is 4. The van der Waals surface area contributed by atoms with Crippen molar-refractivity contribution in [3.63, 3.8) is 0 Å². The highest BCUT2D eigenvalue weighted by molar-refractivity contribution is 6.33. The van der Waals surface area contributed by atoms with E-state index < -0.39 is 0 Å². The summed E-state index contributed by atoms with van der Waals surface area (Å²) in [6, 6.07) is 9.58. The Morgan fingerprint density at radius 1 is 1.11 bits per heavy atom. The van der Waals surface area contributed by atoms with Crippen LogP contribution in [0.2, 0.25) is 5.02 Å². The van der Waals surface area contributed by atoms with E-state index in [-0.39, 0.29) is 5.91 Å². The Bertz CT molecular complexity index is 1040. The minimum Gasteiger partial charge on any atom is -0.353 e. The zero-order valence-corrected chi connectivity index (χ0v) is 16.7. The molecule has 2 N–H and O–H groups in total. The fourth-order valence-corrected chi connectivity index (χ4v) is 3.40. The van der Waals surface area contributed by atoms with Crippen LogP contribution in [0.5, 0.6) is 0 Å². The van der Waals surface area contributed by atoms with Gasteiger partial charge in [0, 0.05) is 38.5 Å². The molecule has 0 saturated heterocycles. The molecule has 1 aliphatic heterocycles. The molecule has 3 heterocycles. The maximum absolute atomic E-state index is 12.7. The Kier molecular flexibility index (Phi) is 4.68. The van der Waals surface area contributed by atoms with Crippen LogP contribution in [-0.4, -0.2) is 39.2 Å². The van der Waals surface area contributed by atoms with Gasteiger partial charge in [-0.1, -0.05) is 23.7 Å². The zero-order valence-electron chi connectivity index (χ0n) is 16.0. The number of carbonyl (C=O) groups excluding carboxylic acids is 1. The number of hydrogen-bond donors (Lipinski definition) is 2. The van der Waals surface area contributed by atoms with Crippen LogP contribution in [0.3, 0.4) is 0 Å². The number of anilines is 4. The third-order valence-electron chi connectivity index (χ3n) is 4.92. The lowest BCUT2D eigenvalue weighted by atomic mass is 9.97. The fourth-order valence-electron chi connectivity index (χ4n) is 3.25. The molecule has 3 aromatic rings. The van der Waals surface area contributed by atoms with Gasteiger partial charge in [-0.15, -0.1) is 0 Å². The molecule has 2 aromatic heterocycles. The molecule has 28 heavy (non-hydrogen) atoms. The number of amides is 1. The number of halogens is 1. The smallest absolute Gasteiger partial charge is 0.255 e. The van der Waals surface area contributed by atoms with E-state index in [1.54, 1.807) is 15.8 Å². The molecule has 0 radical (unpaired) electrons. The van der Waals surface area contributed by atoms with Crippen molar-refractivity contribution >= 4 is 40.5 Å². The summed E-state index contributed by atoms with van der Waals surface area (Å²) < 4.78 is 1.79. The molecular weight excluding hydrogens is 376 g/mol. The largest absolute Gasteiger partial charge is 0.353 e. The fraction of sp³-hybridized carbons (Fsp3) is 0.250. The van der Waals surface area contributed by atoms with Crippen LogP contribution in [0.1, 0.15) is 21.6 Å². The highest BCUT2D eigenvalue weighted by Crippen LogP contribution is 2.32. The third-order valence-corrected chi connectivity index (χ3v) is 5.22. The molecule has 0 spiro atoms. The number of likely N-dealkylation sites (N-methyl/N-ethyl adjacent to an activating group) is 1. The number of aryl methyl sites for hydroxylation is 2. The zero-order chi connectivity index (χ0) is 19.8. The van der Waals surface area contributed by atoms with Crippen molar-refractivity contribution in [1.29, 1.82) is 0 Å². The lowest BCUT2D eigenvalue weighted by Gasteiger charge is -2.27. The summed E-state index contributed by atoms with van der Waals surface area (Å²) in [7, 11) is 3.70. The molecule has 1 aromatic carbocycles. The molecule has 144 valence electrons.